The van der Waals surface area contributed by atoms with Crippen LogP contribution in [0.15, 0.2) is 48.0 Å². The molecule has 1 fully saturated rings. The highest BCUT2D eigenvalue weighted by Crippen LogP contribution is 2.36. The molecule has 0 aromatic heterocycles. The number of carbonyl (C=O) groups excluding carboxylic acids is 1. The van der Waals surface area contributed by atoms with Crippen molar-refractivity contribution in [1.82, 2.24) is 4.90 Å². The third-order valence-electron chi connectivity index (χ3n) is 5.07. The molecule has 6 heteroatoms. The second-order valence-electron chi connectivity index (χ2n) is 7.07. The summed E-state index contributed by atoms with van der Waals surface area (Å²) in [6.07, 6.45) is 1.89. The highest BCUT2D eigenvalue weighted by Gasteiger charge is 2.21. The van der Waals surface area contributed by atoms with Crippen molar-refractivity contribution in [2.24, 2.45) is 0 Å². The van der Waals surface area contributed by atoms with E-state index in [4.69, 9.17) is 9.47 Å². The molecular formula is C23H26N2O3S. The lowest BCUT2D eigenvalue weighted by Crippen LogP contribution is -2.32. The summed E-state index contributed by atoms with van der Waals surface area (Å²) in [5.74, 6) is 3.63. The molecule has 0 unspecified atom stereocenters. The number of hydrogen-bond acceptors (Lipinski definition) is 5. The molecule has 2 aliphatic rings. The summed E-state index contributed by atoms with van der Waals surface area (Å²) < 4.78 is 11.5. The fraction of sp³-hybridized carbons (Fsp3) is 0.348. The van der Waals surface area contributed by atoms with E-state index in [1.165, 1.54) is 11.5 Å². The van der Waals surface area contributed by atoms with E-state index in [-0.39, 0.29) is 12.5 Å². The quantitative estimate of drug-likeness (QED) is 0.779. The number of fused-ring (bicyclic) bond motifs is 1. The van der Waals surface area contributed by atoms with Crippen LogP contribution in [0.4, 0.5) is 5.69 Å². The zero-order valence-corrected chi connectivity index (χ0v) is 17.5. The molecule has 0 radical (unpaired) electrons. The van der Waals surface area contributed by atoms with Gasteiger partial charge in [0.15, 0.2) is 11.5 Å². The van der Waals surface area contributed by atoms with Gasteiger partial charge >= 0.3 is 0 Å². The highest BCUT2D eigenvalue weighted by molar-refractivity contribution is 7.99. The molecule has 4 rings (SSSR count). The van der Waals surface area contributed by atoms with Crippen LogP contribution in [0.3, 0.4) is 0 Å². The third-order valence-corrected chi connectivity index (χ3v) is 6.01. The molecule has 0 saturated carbocycles. The number of anilines is 1. The Bertz CT molecular complexity index is 907. The minimum atomic E-state index is -0.126. The number of nitrogens with zero attached hydrogens (tertiary/aromatic N) is 1. The molecule has 1 saturated heterocycles. The molecule has 1 N–H and O–H groups in total. The third kappa shape index (κ3) is 4.77. The second-order valence-corrected chi connectivity index (χ2v) is 8.29. The second kappa shape index (κ2) is 9.37. The topological polar surface area (TPSA) is 50.8 Å². The Hall–Kier alpha value is -2.44. The van der Waals surface area contributed by atoms with E-state index in [0.717, 1.165) is 36.4 Å². The number of ether oxygens (including phenoxy) is 2. The molecule has 2 aromatic carbocycles. The minimum Gasteiger partial charge on any atom is -0.490 e. The van der Waals surface area contributed by atoms with Crippen LogP contribution < -0.4 is 14.8 Å². The first kappa shape index (κ1) is 19.9. The zero-order chi connectivity index (χ0) is 20.1. The Morgan fingerprint density at radius 3 is 2.83 bits per heavy atom. The molecule has 0 aliphatic carbocycles. The Labute approximate surface area is 176 Å². The summed E-state index contributed by atoms with van der Waals surface area (Å²) in [5.41, 5.74) is 3.48. The number of thioether (sulfide) groups is 1. The first-order valence-corrected chi connectivity index (χ1v) is 11.2. The maximum Gasteiger partial charge on any atom is 0.255 e. The lowest BCUT2D eigenvalue weighted by atomic mass is 10.1. The minimum absolute atomic E-state index is 0.126. The Balaban J connectivity index is 1.49. The summed E-state index contributed by atoms with van der Waals surface area (Å²) >= 11 is 2.00. The van der Waals surface area contributed by atoms with Crippen molar-refractivity contribution in [1.29, 1.82) is 0 Å². The van der Waals surface area contributed by atoms with Gasteiger partial charge in [-0.3, -0.25) is 9.69 Å². The van der Waals surface area contributed by atoms with Crippen molar-refractivity contribution >= 4 is 29.4 Å². The van der Waals surface area contributed by atoms with Crippen molar-refractivity contribution in [2.45, 2.75) is 13.5 Å². The van der Waals surface area contributed by atoms with E-state index in [1.807, 2.05) is 61.2 Å². The van der Waals surface area contributed by atoms with Crippen LogP contribution in [0.1, 0.15) is 18.1 Å². The summed E-state index contributed by atoms with van der Waals surface area (Å²) in [6.45, 7) is 5.78. The molecule has 2 aliphatic heterocycles. The lowest BCUT2D eigenvalue weighted by Gasteiger charge is -2.27. The smallest absolute Gasteiger partial charge is 0.255 e. The summed E-state index contributed by atoms with van der Waals surface area (Å²) in [4.78, 5) is 15.4. The number of para-hydroxylation sites is 2. The van der Waals surface area contributed by atoms with Crippen molar-refractivity contribution < 1.29 is 14.3 Å². The number of carbonyl (C=O) groups is 1. The predicted octanol–water partition coefficient (Wildman–Crippen LogP) is 4.05. The van der Waals surface area contributed by atoms with Crippen LogP contribution in [0.25, 0.3) is 6.08 Å². The van der Waals surface area contributed by atoms with Crippen LogP contribution in [0.5, 0.6) is 11.5 Å². The van der Waals surface area contributed by atoms with Crippen molar-refractivity contribution in [3.05, 3.63) is 59.2 Å². The monoisotopic (exact) mass is 410 g/mol. The van der Waals surface area contributed by atoms with Crippen molar-refractivity contribution in [2.75, 3.05) is 43.1 Å². The first-order chi connectivity index (χ1) is 14.2. The van der Waals surface area contributed by atoms with Crippen LogP contribution in [-0.2, 0) is 11.3 Å². The lowest BCUT2D eigenvalue weighted by molar-refractivity contribution is -0.113. The van der Waals surface area contributed by atoms with Crippen LogP contribution in [0, 0.1) is 0 Å². The van der Waals surface area contributed by atoms with Gasteiger partial charge in [0.05, 0.1) is 12.2 Å². The number of hydrogen-bond donors (Lipinski definition) is 1. The van der Waals surface area contributed by atoms with Gasteiger partial charge in [0.2, 0.25) is 0 Å². The largest absolute Gasteiger partial charge is 0.490 e. The molecule has 29 heavy (non-hydrogen) atoms. The fourth-order valence-corrected chi connectivity index (χ4v) is 4.54. The van der Waals surface area contributed by atoms with E-state index < -0.39 is 0 Å². The van der Waals surface area contributed by atoms with E-state index >= 15 is 0 Å². The maximum atomic E-state index is 12.9. The molecule has 0 bridgehead atoms. The van der Waals surface area contributed by atoms with Gasteiger partial charge in [-0.05, 0) is 30.7 Å². The highest BCUT2D eigenvalue weighted by atomic mass is 32.2. The normalized spacial score (nSPS) is 16.4. The van der Waals surface area contributed by atoms with E-state index in [0.29, 0.717) is 23.7 Å². The predicted molar refractivity (Wildman–Crippen MR) is 119 cm³/mol. The van der Waals surface area contributed by atoms with Crippen LogP contribution >= 0.6 is 11.8 Å². The Morgan fingerprint density at radius 1 is 1.17 bits per heavy atom. The maximum absolute atomic E-state index is 12.9. The van der Waals surface area contributed by atoms with Gasteiger partial charge in [0.1, 0.15) is 6.61 Å². The van der Waals surface area contributed by atoms with Gasteiger partial charge in [-0.2, -0.15) is 11.8 Å². The van der Waals surface area contributed by atoms with Crippen molar-refractivity contribution in [3.63, 3.8) is 0 Å². The number of rotatable bonds is 6. The molecule has 2 aromatic rings. The zero-order valence-electron chi connectivity index (χ0n) is 16.6. The standard InChI is InChI=1S/C23H26N2O3S/c1-2-27-21-9-5-7-17-14-19(16-28-22(17)21)23(26)24-20-8-4-3-6-18(20)15-25-10-12-29-13-11-25/h3-9,14H,2,10-13,15-16H2,1H3,(H,24,26). The molecule has 0 spiro atoms. The molecular weight excluding hydrogens is 384 g/mol. The van der Waals surface area contributed by atoms with Crippen LogP contribution in [0.2, 0.25) is 0 Å². The van der Waals surface area contributed by atoms with Gasteiger partial charge in [0.25, 0.3) is 5.91 Å². The molecule has 1 amide bonds. The fourth-order valence-electron chi connectivity index (χ4n) is 3.56. The number of amides is 1. The summed E-state index contributed by atoms with van der Waals surface area (Å²) in [7, 11) is 0. The van der Waals surface area contributed by atoms with E-state index in [1.54, 1.807) is 0 Å². The average molecular weight is 411 g/mol. The van der Waals surface area contributed by atoms with Crippen LogP contribution in [-0.4, -0.2) is 48.6 Å². The van der Waals surface area contributed by atoms with Gasteiger partial charge in [0, 0.05) is 42.4 Å². The average Bonchev–Trinajstić information content (AvgIpc) is 2.76. The summed E-state index contributed by atoms with van der Waals surface area (Å²) in [5, 5.41) is 3.09. The molecule has 5 nitrogen and oxygen atoms in total. The number of benzene rings is 2. The first-order valence-electron chi connectivity index (χ1n) is 10.0. The van der Waals surface area contributed by atoms with Gasteiger partial charge in [-0.1, -0.05) is 30.3 Å². The Kier molecular flexibility index (Phi) is 6.42. The molecule has 2 heterocycles. The summed E-state index contributed by atoms with van der Waals surface area (Å²) in [6, 6.07) is 13.8. The van der Waals surface area contributed by atoms with Gasteiger partial charge in [-0.15, -0.1) is 0 Å². The Morgan fingerprint density at radius 2 is 2.00 bits per heavy atom. The number of nitrogens with one attached hydrogen (secondary N) is 1. The van der Waals surface area contributed by atoms with E-state index in [9.17, 15) is 4.79 Å². The van der Waals surface area contributed by atoms with Gasteiger partial charge in [-0.25, -0.2) is 0 Å². The van der Waals surface area contributed by atoms with Crippen molar-refractivity contribution in [3.8, 4) is 11.5 Å². The molecule has 152 valence electrons. The van der Waals surface area contributed by atoms with Gasteiger partial charge < -0.3 is 14.8 Å². The van der Waals surface area contributed by atoms with E-state index in [2.05, 4.69) is 16.3 Å². The SMILES string of the molecule is CCOc1cccc2c1OCC(C(=O)Nc1ccccc1CN1CCSCC1)=C2. The molecule has 0 atom stereocenters.